The summed E-state index contributed by atoms with van der Waals surface area (Å²) in [6.07, 6.45) is 3.09. The van der Waals surface area contributed by atoms with E-state index in [2.05, 4.69) is 15.2 Å². The van der Waals surface area contributed by atoms with Crippen LogP contribution in [0, 0.1) is 6.92 Å². The number of amides is 2. The molecule has 3 heterocycles. The van der Waals surface area contributed by atoms with Crippen molar-refractivity contribution in [1.82, 2.24) is 9.88 Å². The third-order valence-corrected chi connectivity index (χ3v) is 5.03. The Morgan fingerprint density at radius 3 is 2.45 bits per heavy atom. The van der Waals surface area contributed by atoms with E-state index < -0.39 is 0 Å². The Morgan fingerprint density at radius 1 is 1.00 bits per heavy atom. The van der Waals surface area contributed by atoms with Crippen LogP contribution in [0.2, 0.25) is 0 Å². The lowest BCUT2D eigenvalue weighted by Crippen LogP contribution is -2.49. The summed E-state index contributed by atoms with van der Waals surface area (Å²) in [7, 11) is 0. The number of carbonyl (C=O) groups excluding carboxylic acids is 2. The lowest BCUT2D eigenvalue weighted by Gasteiger charge is -2.35. The van der Waals surface area contributed by atoms with Gasteiger partial charge < -0.3 is 19.5 Å². The monoisotopic (exact) mass is 390 g/mol. The zero-order valence-corrected chi connectivity index (χ0v) is 16.2. The number of aromatic nitrogens is 1. The summed E-state index contributed by atoms with van der Waals surface area (Å²) in [4.78, 5) is 33.2. The molecule has 0 spiro atoms. The minimum atomic E-state index is -0.188. The molecule has 1 saturated heterocycles. The summed E-state index contributed by atoms with van der Waals surface area (Å²) in [5, 5.41) is 2.91. The van der Waals surface area contributed by atoms with Crippen LogP contribution in [0.1, 0.15) is 26.5 Å². The highest BCUT2D eigenvalue weighted by atomic mass is 16.3. The number of aryl methyl sites for hydroxylation is 1. The molecule has 0 saturated carbocycles. The second-order valence-electron chi connectivity index (χ2n) is 6.93. The summed E-state index contributed by atoms with van der Waals surface area (Å²) in [5.41, 5.74) is 2.30. The van der Waals surface area contributed by atoms with Crippen molar-refractivity contribution in [2.45, 2.75) is 6.92 Å². The molecule has 0 unspecified atom stereocenters. The first-order valence-corrected chi connectivity index (χ1v) is 9.52. The molecule has 0 aliphatic carbocycles. The van der Waals surface area contributed by atoms with E-state index in [1.165, 1.54) is 6.26 Å². The molecule has 7 heteroatoms. The molecule has 0 bridgehead atoms. The van der Waals surface area contributed by atoms with Gasteiger partial charge in [-0.3, -0.25) is 9.59 Å². The first kappa shape index (κ1) is 18.7. The number of furan rings is 1. The maximum absolute atomic E-state index is 12.5. The molecule has 7 nitrogen and oxygen atoms in total. The van der Waals surface area contributed by atoms with Crippen molar-refractivity contribution in [3.63, 3.8) is 0 Å². The van der Waals surface area contributed by atoms with Crippen LogP contribution in [0.25, 0.3) is 0 Å². The maximum Gasteiger partial charge on any atom is 0.289 e. The third-order valence-electron chi connectivity index (χ3n) is 5.03. The molecule has 0 radical (unpaired) electrons. The average molecular weight is 390 g/mol. The molecule has 1 N–H and O–H groups in total. The van der Waals surface area contributed by atoms with E-state index in [-0.39, 0.29) is 11.8 Å². The van der Waals surface area contributed by atoms with Crippen LogP contribution in [-0.2, 0) is 0 Å². The number of anilines is 2. The van der Waals surface area contributed by atoms with Crippen LogP contribution in [-0.4, -0.2) is 47.9 Å². The number of carbonyl (C=O) groups is 2. The molecule has 2 amide bonds. The third kappa shape index (κ3) is 4.13. The number of hydrogen-bond donors (Lipinski definition) is 1. The Bertz CT molecular complexity index is 991. The van der Waals surface area contributed by atoms with Gasteiger partial charge in [-0.15, -0.1) is 0 Å². The Hall–Kier alpha value is -3.61. The summed E-state index contributed by atoms with van der Waals surface area (Å²) in [6.45, 7) is 4.49. The first-order valence-electron chi connectivity index (χ1n) is 9.52. The van der Waals surface area contributed by atoms with E-state index >= 15 is 0 Å². The van der Waals surface area contributed by atoms with Crippen molar-refractivity contribution in [3.05, 3.63) is 77.9 Å². The SMILES string of the molecule is Cc1ccccc1NC(=O)c1ccc(N2CCN(C(=O)c3ccco3)CC2)nc1. The van der Waals surface area contributed by atoms with E-state index in [0.717, 1.165) is 17.1 Å². The van der Waals surface area contributed by atoms with Gasteiger partial charge in [-0.1, -0.05) is 18.2 Å². The number of rotatable bonds is 4. The Balaban J connectivity index is 1.35. The van der Waals surface area contributed by atoms with Gasteiger partial charge in [0.1, 0.15) is 5.82 Å². The van der Waals surface area contributed by atoms with E-state index in [0.29, 0.717) is 37.5 Å². The van der Waals surface area contributed by atoms with Gasteiger partial charge in [0, 0.05) is 38.1 Å². The van der Waals surface area contributed by atoms with Gasteiger partial charge in [0.2, 0.25) is 0 Å². The summed E-state index contributed by atoms with van der Waals surface area (Å²) >= 11 is 0. The van der Waals surface area contributed by atoms with Gasteiger partial charge in [-0.2, -0.15) is 0 Å². The molecule has 1 aromatic carbocycles. The molecule has 29 heavy (non-hydrogen) atoms. The zero-order valence-electron chi connectivity index (χ0n) is 16.2. The van der Waals surface area contributed by atoms with E-state index in [4.69, 9.17) is 4.42 Å². The number of nitrogens with one attached hydrogen (secondary N) is 1. The van der Waals surface area contributed by atoms with Gasteiger partial charge in [0.15, 0.2) is 5.76 Å². The largest absolute Gasteiger partial charge is 0.459 e. The lowest BCUT2D eigenvalue weighted by molar-refractivity contribution is 0.0714. The fraction of sp³-hybridized carbons (Fsp3) is 0.227. The minimum Gasteiger partial charge on any atom is -0.459 e. The zero-order chi connectivity index (χ0) is 20.2. The number of nitrogens with zero attached hydrogens (tertiary/aromatic N) is 3. The molecule has 1 aliphatic rings. The van der Waals surface area contributed by atoms with Gasteiger partial charge in [0.05, 0.1) is 11.8 Å². The topological polar surface area (TPSA) is 78.7 Å². The predicted octanol–water partition coefficient (Wildman–Crippen LogP) is 3.20. The second-order valence-corrected chi connectivity index (χ2v) is 6.93. The first-order chi connectivity index (χ1) is 14.1. The normalized spacial score (nSPS) is 14.0. The van der Waals surface area contributed by atoms with E-state index in [1.54, 1.807) is 29.3 Å². The molecule has 0 atom stereocenters. The summed E-state index contributed by atoms with van der Waals surface area (Å²) < 4.78 is 5.19. The standard InChI is InChI=1S/C22H22N4O3/c1-16-5-2-3-6-18(16)24-21(27)17-8-9-20(23-15-17)25-10-12-26(13-11-25)22(28)19-7-4-14-29-19/h2-9,14-15H,10-13H2,1H3,(H,24,27). The summed E-state index contributed by atoms with van der Waals surface area (Å²) in [6, 6.07) is 14.7. The average Bonchev–Trinajstić information content (AvgIpc) is 3.30. The van der Waals surface area contributed by atoms with Crippen LogP contribution in [0.5, 0.6) is 0 Å². The molecule has 4 rings (SSSR count). The van der Waals surface area contributed by atoms with Gasteiger partial charge in [-0.05, 0) is 42.8 Å². The lowest BCUT2D eigenvalue weighted by atomic mass is 10.2. The van der Waals surface area contributed by atoms with E-state index in [9.17, 15) is 9.59 Å². The fourth-order valence-corrected chi connectivity index (χ4v) is 3.31. The predicted molar refractivity (Wildman–Crippen MR) is 110 cm³/mol. The minimum absolute atomic E-state index is 0.0918. The molecule has 1 aliphatic heterocycles. The van der Waals surface area contributed by atoms with Crippen molar-refractivity contribution >= 4 is 23.3 Å². The van der Waals surface area contributed by atoms with Crippen molar-refractivity contribution in [3.8, 4) is 0 Å². The Labute approximate surface area is 169 Å². The highest BCUT2D eigenvalue weighted by molar-refractivity contribution is 6.04. The molecular weight excluding hydrogens is 368 g/mol. The molecule has 1 fully saturated rings. The number of hydrogen-bond acceptors (Lipinski definition) is 5. The van der Waals surface area contributed by atoms with Crippen LogP contribution >= 0.6 is 0 Å². The molecule has 3 aromatic rings. The quantitative estimate of drug-likeness (QED) is 0.740. The van der Waals surface area contributed by atoms with Crippen molar-refractivity contribution < 1.29 is 14.0 Å². The summed E-state index contributed by atoms with van der Waals surface area (Å²) in [5.74, 6) is 0.876. The van der Waals surface area contributed by atoms with Crippen LogP contribution in [0.4, 0.5) is 11.5 Å². The van der Waals surface area contributed by atoms with E-state index in [1.807, 2.05) is 37.3 Å². The van der Waals surface area contributed by atoms with Gasteiger partial charge in [0.25, 0.3) is 11.8 Å². The number of benzene rings is 1. The maximum atomic E-state index is 12.5. The number of pyridine rings is 1. The molecular formula is C22H22N4O3. The van der Waals surface area contributed by atoms with Gasteiger partial charge in [-0.25, -0.2) is 4.98 Å². The highest BCUT2D eigenvalue weighted by Crippen LogP contribution is 2.18. The molecule has 148 valence electrons. The van der Waals surface area contributed by atoms with Crippen LogP contribution in [0.3, 0.4) is 0 Å². The molecule has 2 aromatic heterocycles. The van der Waals surface area contributed by atoms with Crippen molar-refractivity contribution in [2.75, 3.05) is 36.4 Å². The smallest absolute Gasteiger partial charge is 0.289 e. The Morgan fingerprint density at radius 2 is 1.79 bits per heavy atom. The fourth-order valence-electron chi connectivity index (χ4n) is 3.31. The van der Waals surface area contributed by atoms with Crippen molar-refractivity contribution in [2.24, 2.45) is 0 Å². The Kier molecular flexibility index (Phi) is 5.29. The second kappa shape index (κ2) is 8.18. The van der Waals surface area contributed by atoms with Crippen LogP contribution < -0.4 is 10.2 Å². The number of piperazine rings is 1. The van der Waals surface area contributed by atoms with Gasteiger partial charge >= 0.3 is 0 Å². The van der Waals surface area contributed by atoms with Crippen LogP contribution in [0.15, 0.2) is 65.4 Å². The highest BCUT2D eigenvalue weighted by Gasteiger charge is 2.24. The number of para-hydroxylation sites is 1. The van der Waals surface area contributed by atoms with Crippen molar-refractivity contribution in [1.29, 1.82) is 0 Å².